The first kappa shape index (κ1) is 21.5. The number of carbonyl (C=O) groups excluding carboxylic acids is 3. The Kier molecular flexibility index (Phi) is 6.48. The van der Waals surface area contributed by atoms with E-state index in [1.807, 2.05) is 18.2 Å². The SMILES string of the molecule is O=C1NC(=O)/C(=C\c2cccc(NC(=O)c3ccc(NS(=O)c4ccccc4)cc3)c2)S1. The van der Waals surface area contributed by atoms with Gasteiger partial charge in [0.25, 0.3) is 17.1 Å². The van der Waals surface area contributed by atoms with E-state index in [-0.39, 0.29) is 5.91 Å². The highest BCUT2D eigenvalue weighted by Gasteiger charge is 2.24. The Morgan fingerprint density at radius 2 is 1.66 bits per heavy atom. The monoisotopic (exact) mass is 463 g/mol. The summed E-state index contributed by atoms with van der Waals surface area (Å²) in [6.07, 6.45) is 1.59. The number of carbonyl (C=O) groups is 3. The molecule has 4 rings (SSSR count). The number of anilines is 2. The van der Waals surface area contributed by atoms with Crippen molar-refractivity contribution in [3.05, 3.63) is 94.9 Å². The zero-order valence-corrected chi connectivity index (χ0v) is 18.2. The normalized spacial score (nSPS) is 15.3. The molecule has 3 aromatic carbocycles. The molecule has 0 radical (unpaired) electrons. The van der Waals surface area contributed by atoms with E-state index in [0.717, 1.165) is 11.8 Å². The van der Waals surface area contributed by atoms with Crippen molar-refractivity contribution in [2.24, 2.45) is 0 Å². The van der Waals surface area contributed by atoms with E-state index < -0.39 is 22.1 Å². The Hall–Kier alpha value is -3.69. The second-order valence-corrected chi connectivity index (χ2v) is 8.92. The van der Waals surface area contributed by atoms with Crippen LogP contribution < -0.4 is 15.4 Å². The third kappa shape index (κ3) is 5.32. The first-order valence-electron chi connectivity index (χ1n) is 9.48. The van der Waals surface area contributed by atoms with Gasteiger partial charge in [-0.1, -0.05) is 30.3 Å². The lowest BCUT2D eigenvalue weighted by molar-refractivity contribution is -0.115. The summed E-state index contributed by atoms with van der Waals surface area (Å²) in [4.78, 5) is 36.5. The Labute approximate surface area is 190 Å². The van der Waals surface area contributed by atoms with Gasteiger partial charge in [-0.05, 0) is 71.9 Å². The highest BCUT2D eigenvalue weighted by atomic mass is 32.2. The summed E-state index contributed by atoms with van der Waals surface area (Å²) >= 11 is 0.836. The molecule has 0 bridgehead atoms. The van der Waals surface area contributed by atoms with Crippen LogP contribution in [0.4, 0.5) is 16.2 Å². The fraction of sp³-hybridized carbons (Fsp3) is 0. The minimum atomic E-state index is -1.40. The molecule has 0 aliphatic carbocycles. The van der Waals surface area contributed by atoms with Crippen molar-refractivity contribution in [3.63, 3.8) is 0 Å². The summed E-state index contributed by atoms with van der Waals surface area (Å²) in [5, 5.41) is 4.60. The number of amides is 3. The summed E-state index contributed by atoms with van der Waals surface area (Å²) in [5.74, 6) is -0.745. The summed E-state index contributed by atoms with van der Waals surface area (Å²) in [6.45, 7) is 0. The van der Waals surface area contributed by atoms with Crippen molar-refractivity contribution in [1.29, 1.82) is 0 Å². The van der Waals surface area contributed by atoms with E-state index >= 15 is 0 Å². The van der Waals surface area contributed by atoms with Gasteiger partial charge in [0, 0.05) is 16.9 Å². The molecular weight excluding hydrogens is 446 g/mol. The first-order chi connectivity index (χ1) is 15.5. The van der Waals surface area contributed by atoms with Gasteiger partial charge in [-0.2, -0.15) is 0 Å². The fourth-order valence-electron chi connectivity index (χ4n) is 2.88. The fourth-order valence-corrected chi connectivity index (χ4v) is 4.44. The van der Waals surface area contributed by atoms with Gasteiger partial charge in [-0.25, -0.2) is 4.21 Å². The molecule has 1 atom stereocenters. The maximum Gasteiger partial charge on any atom is 0.290 e. The number of imide groups is 1. The van der Waals surface area contributed by atoms with Crippen LogP contribution in [0.2, 0.25) is 0 Å². The summed E-state index contributed by atoms with van der Waals surface area (Å²) in [7, 11) is -1.40. The molecule has 1 fully saturated rings. The molecular formula is C23H17N3O4S2. The largest absolute Gasteiger partial charge is 0.322 e. The molecule has 0 aromatic heterocycles. The predicted octanol–water partition coefficient (Wildman–Crippen LogP) is 4.40. The highest BCUT2D eigenvalue weighted by molar-refractivity contribution is 8.18. The molecule has 1 aliphatic heterocycles. The third-order valence-corrected chi connectivity index (χ3v) is 6.33. The van der Waals surface area contributed by atoms with E-state index in [9.17, 15) is 18.6 Å². The Balaban J connectivity index is 1.41. The van der Waals surface area contributed by atoms with Crippen LogP contribution in [0.5, 0.6) is 0 Å². The standard InChI is InChI=1S/C23H17N3O4S2/c27-21(16-9-11-17(12-10-16)26-32(30)19-7-2-1-3-8-19)24-18-6-4-5-15(13-18)14-20-22(28)25-23(29)31-20/h1-14,26H,(H,24,27)(H,25,28,29)/b20-14+. The van der Waals surface area contributed by atoms with Gasteiger partial charge in [0.15, 0.2) is 0 Å². The Morgan fingerprint density at radius 1 is 0.906 bits per heavy atom. The van der Waals surface area contributed by atoms with E-state index in [1.165, 1.54) is 0 Å². The molecule has 1 saturated heterocycles. The van der Waals surface area contributed by atoms with E-state index in [4.69, 9.17) is 0 Å². The second kappa shape index (κ2) is 9.63. The van der Waals surface area contributed by atoms with Crippen molar-refractivity contribution >= 4 is 57.3 Å². The summed E-state index contributed by atoms with van der Waals surface area (Å²) < 4.78 is 15.2. The molecule has 1 unspecified atom stereocenters. The quantitative estimate of drug-likeness (QED) is 0.470. The van der Waals surface area contributed by atoms with Crippen molar-refractivity contribution < 1.29 is 18.6 Å². The van der Waals surface area contributed by atoms with Gasteiger partial charge in [0.1, 0.15) is 11.0 Å². The molecule has 160 valence electrons. The van der Waals surface area contributed by atoms with Gasteiger partial charge >= 0.3 is 0 Å². The topological polar surface area (TPSA) is 104 Å². The van der Waals surface area contributed by atoms with Gasteiger partial charge < -0.3 is 10.0 Å². The van der Waals surface area contributed by atoms with Crippen LogP contribution in [0.1, 0.15) is 15.9 Å². The number of hydrogen-bond acceptors (Lipinski definition) is 5. The summed E-state index contributed by atoms with van der Waals surface area (Å²) in [6, 6.07) is 22.6. The lowest BCUT2D eigenvalue weighted by Gasteiger charge is -2.09. The van der Waals surface area contributed by atoms with Gasteiger partial charge in [-0.3, -0.25) is 19.7 Å². The second-order valence-electron chi connectivity index (χ2n) is 6.69. The number of thioether (sulfide) groups is 1. The molecule has 1 aliphatic rings. The lowest BCUT2D eigenvalue weighted by Crippen LogP contribution is -2.17. The van der Waals surface area contributed by atoms with Crippen LogP contribution in [-0.4, -0.2) is 21.3 Å². The van der Waals surface area contributed by atoms with Crippen LogP contribution in [0.25, 0.3) is 6.08 Å². The molecule has 7 nitrogen and oxygen atoms in total. The van der Waals surface area contributed by atoms with Crippen molar-refractivity contribution in [1.82, 2.24) is 5.32 Å². The lowest BCUT2D eigenvalue weighted by atomic mass is 10.1. The van der Waals surface area contributed by atoms with Gasteiger partial charge in [0.05, 0.1) is 9.80 Å². The predicted molar refractivity (Wildman–Crippen MR) is 126 cm³/mol. The van der Waals surface area contributed by atoms with E-state index in [0.29, 0.717) is 32.3 Å². The average Bonchev–Trinajstić information content (AvgIpc) is 3.11. The van der Waals surface area contributed by atoms with Crippen LogP contribution >= 0.6 is 11.8 Å². The zero-order chi connectivity index (χ0) is 22.5. The number of benzene rings is 3. The van der Waals surface area contributed by atoms with Crippen LogP contribution in [0.3, 0.4) is 0 Å². The van der Waals surface area contributed by atoms with Crippen molar-refractivity contribution in [3.8, 4) is 0 Å². The van der Waals surface area contributed by atoms with E-state index in [2.05, 4.69) is 15.4 Å². The number of nitrogens with one attached hydrogen (secondary N) is 3. The molecule has 32 heavy (non-hydrogen) atoms. The molecule has 3 aromatic rings. The van der Waals surface area contributed by atoms with Crippen molar-refractivity contribution in [2.75, 3.05) is 10.0 Å². The maximum atomic E-state index is 12.6. The van der Waals surface area contributed by atoms with Crippen LogP contribution in [0.15, 0.2) is 88.7 Å². The van der Waals surface area contributed by atoms with Gasteiger partial charge in [0.2, 0.25) is 0 Å². The molecule has 1 heterocycles. The van der Waals surface area contributed by atoms with E-state index in [1.54, 1.807) is 66.7 Å². The summed E-state index contributed by atoms with van der Waals surface area (Å²) in [5.41, 5.74) is 2.28. The van der Waals surface area contributed by atoms with Crippen LogP contribution in [0, 0.1) is 0 Å². The third-order valence-electron chi connectivity index (χ3n) is 4.40. The first-order valence-corrected chi connectivity index (χ1v) is 11.4. The zero-order valence-electron chi connectivity index (χ0n) is 16.5. The smallest absolute Gasteiger partial charge is 0.290 e. The molecule has 3 N–H and O–H groups in total. The van der Waals surface area contributed by atoms with Crippen molar-refractivity contribution in [2.45, 2.75) is 4.90 Å². The number of rotatable bonds is 6. The number of hydrogen-bond donors (Lipinski definition) is 3. The Bertz CT molecular complexity index is 1240. The molecule has 3 amide bonds. The Morgan fingerprint density at radius 3 is 2.34 bits per heavy atom. The molecule has 0 spiro atoms. The minimum Gasteiger partial charge on any atom is -0.322 e. The minimum absolute atomic E-state index is 0.300. The van der Waals surface area contributed by atoms with Crippen LogP contribution in [-0.2, 0) is 15.8 Å². The average molecular weight is 464 g/mol. The van der Waals surface area contributed by atoms with Gasteiger partial charge in [-0.15, -0.1) is 0 Å². The molecule has 0 saturated carbocycles. The highest BCUT2D eigenvalue weighted by Crippen LogP contribution is 2.26. The molecule has 9 heteroatoms. The maximum absolute atomic E-state index is 12.6.